The minimum atomic E-state index is -0.313. The Bertz CT molecular complexity index is 3530. The average molecular weight is 886 g/mol. The maximum atomic E-state index is 2.95. The molecule has 1 saturated carbocycles. The van der Waals surface area contributed by atoms with Crippen LogP contribution in [0.3, 0.4) is 0 Å². The van der Waals surface area contributed by atoms with Gasteiger partial charge in [-0.1, -0.05) is 159 Å². The number of hydrogen-bond acceptors (Lipinski definition) is 2. The van der Waals surface area contributed by atoms with Crippen LogP contribution in [0, 0.1) is 0 Å². The van der Waals surface area contributed by atoms with Crippen LogP contribution in [0.15, 0.2) is 133 Å². The molecule has 2 aliphatic carbocycles. The Kier molecular flexibility index (Phi) is 7.84. The summed E-state index contributed by atoms with van der Waals surface area (Å²) in [7, 11) is 0. The first-order valence-corrected chi connectivity index (χ1v) is 25.8. The number of aryl methyl sites for hydroxylation is 1. The first-order valence-electron chi connectivity index (χ1n) is 25.8. The predicted molar refractivity (Wildman–Crippen MR) is 289 cm³/mol. The molecule has 0 spiro atoms. The fourth-order valence-corrected chi connectivity index (χ4v) is 15.4. The van der Waals surface area contributed by atoms with Crippen molar-refractivity contribution < 1.29 is 0 Å². The van der Waals surface area contributed by atoms with E-state index in [1.54, 1.807) is 5.56 Å². The van der Waals surface area contributed by atoms with Crippen LogP contribution in [0.2, 0.25) is 0 Å². The lowest BCUT2D eigenvalue weighted by atomic mass is 9.33. The summed E-state index contributed by atoms with van der Waals surface area (Å²) in [4.78, 5) is 5.76. The number of aromatic nitrogens is 1. The molecular weight excluding hydrogens is 822 g/mol. The molecule has 0 saturated heterocycles. The zero-order chi connectivity index (χ0) is 46.7. The van der Waals surface area contributed by atoms with Gasteiger partial charge in [0.15, 0.2) is 0 Å². The van der Waals surface area contributed by atoms with Gasteiger partial charge in [-0.15, -0.1) is 0 Å². The normalized spacial score (nSPS) is 25.0. The Morgan fingerprint density at radius 2 is 1.21 bits per heavy atom. The lowest BCUT2D eigenvalue weighted by molar-refractivity contribution is 0.195. The molecule has 4 unspecified atom stereocenters. The molecule has 6 aliphatic rings. The molecule has 7 aromatic carbocycles. The first-order chi connectivity index (χ1) is 32.5. The summed E-state index contributed by atoms with van der Waals surface area (Å²) in [6.07, 6.45) is 7.05. The second kappa shape index (κ2) is 13.0. The van der Waals surface area contributed by atoms with Gasteiger partial charge in [0.2, 0.25) is 0 Å². The third kappa shape index (κ3) is 4.83. The maximum absolute atomic E-state index is 2.95. The van der Waals surface area contributed by atoms with E-state index in [1.807, 2.05) is 0 Å². The Hall–Kier alpha value is -6.00. The molecule has 338 valence electrons. The van der Waals surface area contributed by atoms with E-state index in [2.05, 4.69) is 217 Å². The van der Waals surface area contributed by atoms with Crippen LogP contribution in [0.25, 0.3) is 38.6 Å². The minimum absolute atomic E-state index is 0.0151. The monoisotopic (exact) mass is 886 g/mol. The van der Waals surface area contributed by atoms with E-state index >= 15 is 0 Å². The lowest BCUT2D eigenvalue weighted by Gasteiger charge is -2.53. The summed E-state index contributed by atoms with van der Waals surface area (Å²) in [6, 6.07) is 53.3. The van der Waals surface area contributed by atoms with Crippen LogP contribution in [-0.2, 0) is 33.6 Å². The van der Waals surface area contributed by atoms with Crippen molar-refractivity contribution in [3.8, 4) is 16.8 Å². The van der Waals surface area contributed by atoms with Crippen molar-refractivity contribution in [1.82, 2.24) is 4.57 Å². The van der Waals surface area contributed by atoms with Gasteiger partial charge in [-0.2, -0.15) is 0 Å². The summed E-state index contributed by atoms with van der Waals surface area (Å²) < 4.78 is 2.74. The van der Waals surface area contributed by atoms with Crippen molar-refractivity contribution in [2.24, 2.45) is 0 Å². The van der Waals surface area contributed by atoms with Gasteiger partial charge in [0.05, 0.1) is 16.6 Å². The molecular formula is C64H64BN3. The molecule has 0 N–H and O–H groups in total. The third-order valence-corrected chi connectivity index (χ3v) is 19.4. The summed E-state index contributed by atoms with van der Waals surface area (Å²) in [6.45, 7) is 24.8. The predicted octanol–water partition coefficient (Wildman–Crippen LogP) is 14.2. The maximum Gasteiger partial charge on any atom is 0.252 e. The molecule has 14 rings (SSSR count). The molecule has 0 amide bonds. The quantitative estimate of drug-likeness (QED) is 0.160. The van der Waals surface area contributed by atoms with Gasteiger partial charge in [0.1, 0.15) is 0 Å². The largest absolute Gasteiger partial charge is 0.335 e. The first kappa shape index (κ1) is 41.0. The molecule has 5 heterocycles. The molecule has 3 nitrogen and oxygen atoms in total. The topological polar surface area (TPSA) is 11.4 Å². The highest BCUT2D eigenvalue weighted by Crippen LogP contribution is 2.66. The second-order valence-electron chi connectivity index (χ2n) is 24.7. The molecule has 4 aliphatic heterocycles. The molecule has 4 atom stereocenters. The van der Waals surface area contributed by atoms with Crippen LogP contribution in [0.1, 0.15) is 135 Å². The number of rotatable bonds is 2. The van der Waals surface area contributed by atoms with Crippen molar-refractivity contribution in [3.63, 3.8) is 0 Å². The Morgan fingerprint density at radius 3 is 1.99 bits per heavy atom. The Balaban J connectivity index is 1.17. The zero-order valence-electron chi connectivity index (χ0n) is 41.9. The van der Waals surface area contributed by atoms with Crippen LogP contribution in [-0.4, -0.2) is 16.8 Å². The van der Waals surface area contributed by atoms with E-state index in [0.29, 0.717) is 0 Å². The lowest BCUT2D eigenvalue weighted by Crippen LogP contribution is -2.64. The van der Waals surface area contributed by atoms with Gasteiger partial charge in [0.25, 0.3) is 6.71 Å². The number of para-hydroxylation sites is 1. The van der Waals surface area contributed by atoms with Gasteiger partial charge in [-0.05, 0) is 154 Å². The van der Waals surface area contributed by atoms with Crippen molar-refractivity contribution in [3.05, 3.63) is 167 Å². The fourth-order valence-electron chi connectivity index (χ4n) is 15.4. The smallest absolute Gasteiger partial charge is 0.252 e. The third-order valence-electron chi connectivity index (χ3n) is 19.4. The number of hydrogen-bond donors (Lipinski definition) is 0. The number of nitrogens with zero attached hydrogens (tertiary/aromatic N) is 3. The van der Waals surface area contributed by atoms with Crippen LogP contribution in [0.4, 0.5) is 22.7 Å². The van der Waals surface area contributed by atoms with E-state index in [-0.39, 0.29) is 39.5 Å². The SMILES string of the molecule is CC(C)(C)c1ccc2c(c1)c1cc(C(C)(C)C)cc3c1n2-c1cc(N2c4ccccc4C4(C)CCc5ccccc5C24C)cc2c1B3c1cc(-c3ccccc3)cc3c1N2C1(C)CCCCC31C. The summed E-state index contributed by atoms with van der Waals surface area (Å²) >= 11 is 0. The zero-order valence-corrected chi connectivity index (χ0v) is 41.9. The standard InChI is InChI=1S/C64H64BN3/c1-59(2,3)42-26-27-52-45(34-42)46-35-43(60(4,5)6)36-51-57(46)66(52)54-37-44(67-53-25-17-16-24-48(53)62(8)31-28-40-22-14-15-23-47(40)64(62,67)10)38-55-56(54)65(51)50-33-41(39-20-12-11-13-21-39)32-49-58(50)68(55)63(9)30-19-18-29-61(49,63)7/h11-17,20-27,32-38H,18-19,28-31H2,1-10H3. The molecule has 0 radical (unpaired) electrons. The molecule has 8 aromatic rings. The Labute approximate surface area is 404 Å². The van der Waals surface area contributed by atoms with Crippen LogP contribution < -0.4 is 26.2 Å². The van der Waals surface area contributed by atoms with Gasteiger partial charge in [-0.3, -0.25) is 0 Å². The summed E-state index contributed by atoms with van der Waals surface area (Å²) in [5, 5.41) is 2.74. The Morgan fingerprint density at radius 1 is 0.515 bits per heavy atom. The van der Waals surface area contributed by atoms with Crippen molar-refractivity contribution in [2.45, 2.75) is 141 Å². The minimum Gasteiger partial charge on any atom is -0.335 e. The molecule has 68 heavy (non-hydrogen) atoms. The fraction of sp³-hybridized carbons (Fsp3) is 0.344. The summed E-state index contributed by atoms with van der Waals surface area (Å²) in [5.41, 5.74) is 24.8. The summed E-state index contributed by atoms with van der Waals surface area (Å²) in [5.74, 6) is 0. The van der Waals surface area contributed by atoms with E-state index in [0.717, 1.165) is 19.3 Å². The van der Waals surface area contributed by atoms with E-state index in [9.17, 15) is 0 Å². The van der Waals surface area contributed by atoms with Gasteiger partial charge in [-0.25, -0.2) is 0 Å². The number of fused-ring (bicyclic) bond motifs is 15. The highest BCUT2D eigenvalue weighted by atomic mass is 15.3. The highest BCUT2D eigenvalue weighted by Gasteiger charge is 2.63. The van der Waals surface area contributed by atoms with Crippen LogP contribution in [0.5, 0.6) is 0 Å². The van der Waals surface area contributed by atoms with Crippen LogP contribution >= 0.6 is 0 Å². The van der Waals surface area contributed by atoms with E-state index < -0.39 is 0 Å². The molecule has 1 aromatic heterocycles. The molecule has 1 fully saturated rings. The molecule has 4 heteroatoms. The van der Waals surface area contributed by atoms with Crippen molar-refractivity contribution in [2.75, 3.05) is 9.80 Å². The van der Waals surface area contributed by atoms with E-state index in [1.165, 1.54) is 125 Å². The molecule has 0 bridgehead atoms. The second-order valence-corrected chi connectivity index (χ2v) is 24.7. The van der Waals surface area contributed by atoms with Gasteiger partial charge >= 0.3 is 0 Å². The highest BCUT2D eigenvalue weighted by molar-refractivity contribution is 7.00. The van der Waals surface area contributed by atoms with E-state index in [4.69, 9.17) is 0 Å². The van der Waals surface area contributed by atoms with Crippen molar-refractivity contribution >= 4 is 67.7 Å². The number of benzene rings is 7. The van der Waals surface area contributed by atoms with Gasteiger partial charge in [0, 0.05) is 55.6 Å². The average Bonchev–Trinajstić information content (AvgIpc) is 3.85. The van der Waals surface area contributed by atoms with Gasteiger partial charge < -0.3 is 14.4 Å². The van der Waals surface area contributed by atoms with Crippen molar-refractivity contribution in [1.29, 1.82) is 0 Å². The number of anilines is 4.